The van der Waals surface area contributed by atoms with Gasteiger partial charge in [0.1, 0.15) is 5.75 Å². The molecule has 3 unspecified atom stereocenters. The molecule has 5 nitrogen and oxygen atoms in total. The smallest absolute Gasteiger partial charge is 0.260 e. The Morgan fingerprint density at radius 1 is 1.41 bits per heavy atom. The normalized spacial score (nSPS) is 22.7. The SMILES string of the molecule is CC(=O)c1cccc(OC(C)C(=O)NC2CCNC(C)C2)c1. The van der Waals surface area contributed by atoms with Crippen molar-refractivity contribution in [3.05, 3.63) is 29.8 Å². The first kappa shape index (κ1) is 16.5. The Balaban J connectivity index is 1.90. The van der Waals surface area contributed by atoms with Crippen LogP contribution in [0.5, 0.6) is 5.75 Å². The summed E-state index contributed by atoms with van der Waals surface area (Å²) >= 11 is 0. The van der Waals surface area contributed by atoms with E-state index in [4.69, 9.17) is 4.74 Å². The van der Waals surface area contributed by atoms with Crippen molar-refractivity contribution >= 4 is 11.7 Å². The largest absolute Gasteiger partial charge is 0.481 e. The number of benzene rings is 1. The Morgan fingerprint density at radius 3 is 2.86 bits per heavy atom. The van der Waals surface area contributed by atoms with E-state index in [-0.39, 0.29) is 17.7 Å². The lowest BCUT2D eigenvalue weighted by molar-refractivity contribution is -0.128. The number of carbonyl (C=O) groups is 2. The third-order valence-corrected chi connectivity index (χ3v) is 3.89. The molecule has 0 aliphatic carbocycles. The molecule has 0 aromatic heterocycles. The predicted molar refractivity (Wildman–Crippen MR) is 85.2 cm³/mol. The van der Waals surface area contributed by atoms with Crippen molar-refractivity contribution in [1.82, 2.24) is 10.6 Å². The second-order valence-corrected chi connectivity index (χ2v) is 5.93. The second-order valence-electron chi connectivity index (χ2n) is 5.93. The van der Waals surface area contributed by atoms with Gasteiger partial charge in [-0.3, -0.25) is 9.59 Å². The van der Waals surface area contributed by atoms with Crippen molar-refractivity contribution < 1.29 is 14.3 Å². The molecule has 1 saturated heterocycles. The molecule has 1 amide bonds. The number of rotatable bonds is 5. The summed E-state index contributed by atoms with van der Waals surface area (Å²) in [5.41, 5.74) is 0.581. The van der Waals surface area contributed by atoms with Crippen LogP contribution in [-0.4, -0.2) is 36.4 Å². The average molecular weight is 304 g/mol. The van der Waals surface area contributed by atoms with Gasteiger partial charge < -0.3 is 15.4 Å². The molecule has 2 rings (SSSR count). The second kappa shape index (κ2) is 7.40. The standard InChI is InChI=1S/C17H24N2O3/c1-11-9-15(7-8-18-11)19-17(21)13(3)22-16-6-4-5-14(10-16)12(2)20/h4-6,10-11,13,15,18H,7-9H2,1-3H3,(H,19,21). The highest BCUT2D eigenvalue weighted by Gasteiger charge is 2.23. The zero-order valence-electron chi connectivity index (χ0n) is 13.4. The predicted octanol–water partition coefficient (Wildman–Crippen LogP) is 1.91. The fourth-order valence-electron chi connectivity index (χ4n) is 2.63. The highest BCUT2D eigenvalue weighted by Crippen LogP contribution is 2.16. The van der Waals surface area contributed by atoms with Crippen molar-refractivity contribution in [3.63, 3.8) is 0 Å². The summed E-state index contributed by atoms with van der Waals surface area (Å²) in [6.07, 6.45) is 1.27. The van der Waals surface area contributed by atoms with Gasteiger partial charge in [-0.05, 0) is 52.3 Å². The van der Waals surface area contributed by atoms with E-state index in [1.165, 1.54) is 6.92 Å². The molecule has 1 aliphatic heterocycles. The van der Waals surface area contributed by atoms with Gasteiger partial charge in [-0.15, -0.1) is 0 Å². The van der Waals surface area contributed by atoms with E-state index in [9.17, 15) is 9.59 Å². The van der Waals surface area contributed by atoms with E-state index in [1.807, 2.05) is 0 Å². The minimum Gasteiger partial charge on any atom is -0.481 e. The Morgan fingerprint density at radius 2 is 2.18 bits per heavy atom. The third kappa shape index (κ3) is 4.56. The Bertz CT molecular complexity index is 544. The van der Waals surface area contributed by atoms with Crippen LogP contribution >= 0.6 is 0 Å². The molecule has 1 aromatic rings. The van der Waals surface area contributed by atoms with E-state index in [2.05, 4.69) is 17.6 Å². The summed E-state index contributed by atoms with van der Waals surface area (Å²) in [6, 6.07) is 7.52. The fraction of sp³-hybridized carbons (Fsp3) is 0.529. The molecule has 1 heterocycles. The lowest BCUT2D eigenvalue weighted by Crippen LogP contribution is -2.49. The van der Waals surface area contributed by atoms with Crippen LogP contribution in [0, 0.1) is 0 Å². The van der Waals surface area contributed by atoms with Crippen molar-refractivity contribution in [2.45, 2.75) is 51.8 Å². The highest BCUT2D eigenvalue weighted by molar-refractivity contribution is 5.94. The molecule has 3 atom stereocenters. The fourth-order valence-corrected chi connectivity index (χ4v) is 2.63. The maximum atomic E-state index is 12.2. The van der Waals surface area contributed by atoms with Gasteiger partial charge in [0.2, 0.25) is 0 Å². The summed E-state index contributed by atoms with van der Waals surface area (Å²) in [5, 5.41) is 6.39. The van der Waals surface area contributed by atoms with Crippen molar-refractivity contribution in [2.75, 3.05) is 6.54 Å². The molecular formula is C17H24N2O3. The number of carbonyl (C=O) groups excluding carboxylic acids is 2. The van der Waals surface area contributed by atoms with E-state index >= 15 is 0 Å². The number of hydrogen-bond acceptors (Lipinski definition) is 4. The van der Waals surface area contributed by atoms with Gasteiger partial charge in [-0.25, -0.2) is 0 Å². The summed E-state index contributed by atoms with van der Waals surface area (Å²) in [4.78, 5) is 23.6. The lowest BCUT2D eigenvalue weighted by Gasteiger charge is -2.29. The van der Waals surface area contributed by atoms with Gasteiger partial charge in [0.25, 0.3) is 5.91 Å². The Kier molecular flexibility index (Phi) is 5.55. The molecular weight excluding hydrogens is 280 g/mol. The molecule has 0 radical (unpaired) electrons. The number of hydrogen-bond donors (Lipinski definition) is 2. The molecule has 1 fully saturated rings. The molecule has 0 spiro atoms. The van der Waals surface area contributed by atoms with Gasteiger partial charge >= 0.3 is 0 Å². The molecule has 5 heteroatoms. The van der Waals surface area contributed by atoms with Crippen LogP contribution in [0.4, 0.5) is 0 Å². The minimum absolute atomic E-state index is 0.0220. The average Bonchev–Trinajstić information content (AvgIpc) is 2.47. The van der Waals surface area contributed by atoms with E-state index in [1.54, 1.807) is 31.2 Å². The first-order valence-corrected chi connectivity index (χ1v) is 7.77. The first-order valence-electron chi connectivity index (χ1n) is 7.77. The summed E-state index contributed by atoms with van der Waals surface area (Å²) in [7, 11) is 0. The minimum atomic E-state index is -0.590. The summed E-state index contributed by atoms with van der Waals surface area (Å²) in [5.74, 6) is 0.396. The van der Waals surface area contributed by atoms with Crippen LogP contribution in [0.1, 0.15) is 44.0 Å². The summed E-state index contributed by atoms with van der Waals surface area (Å²) in [6.45, 7) is 6.27. The van der Waals surface area contributed by atoms with Crippen LogP contribution in [0.3, 0.4) is 0 Å². The van der Waals surface area contributed by atoms with Gasteiger partial charge in [-0.2, -0.15) is 0 Å². The summed E-state index contributed by atoms with van der Waals surface area (Å²) < 4.78 is 5.66. The van der Waals surface area contributed by atoms with Gasteiger partial charge in [0.05, 0.1) is 0 Å². The molecule has 2 N–H and O–H groups in total. The lowest BCUT2D eigenvalue weighted by atomic mass is 10.0. The number of piperidine rings is 1. The van der Waals surface area contributed by atoms with Gasteiger partial charge in [0, 0.05) is 17.6 Å². The highest BCUT2D eigenvalue weighted by atomic mass is 16.5. The van der Waals surface area contributed by atoms with Crippen LogP contribution in [-0.2, 0) is 4.79 Å². The van der Waals surface area contributed by atoms with E-state index < -0.39 is 6.10 Å². The van der Waals surface area contributed by atoms with Crippen LogP contribution in [0.15, 0.2) is 24.3 Å². The molecule has 1 aromatic carbocycles. The molecule has 120 valence electrons. The first-order chi connectivity index (χ1) is 10.5. The van der Waals surface area contributed by atoms with Gasteiger partial charge in [-0.1, -0.05) is 12.1 Å². The molecule has 22 heavy (non-hydrogen) atoms. The molecule has 0 saturated carbocycles. The maximum absolute atomic E-state index is 12.2. The van der Waals surface area contributed by atoms with Crippen molar-refractivity contribution in [2.24, 2.45) is 0 Å². The topological polar surface area (TPSA) is 67.4 Å². The Hall–Kier alpha value is -1.88. The quantitative estimate of drug-likeness (QED) is 0.816. The maximum Gasteiger partial charge on any atom is 0.260 e. The number of Topliss-reactive ketones (excluding diaryl/α,β-unsaturated/α-hetero) is 1. The van der Waals surface area contributed by atoms with Crippen LogP contribution in [0.2, 0.25) is 0 Å². The zero-order chi connectivity index (χ0) is 16.1. The van der Waals surface area contributed by atoms with Crippen LogP contribution in [0.25, 0.3) is 0 Å². The number of nitrogens with one attached hydrogen (secondary N) is 2. The Labute approximate surface area is 131 Å². The molecule has 1 aliphatic rings. The van der Waals surface area contributed by atoms with E-state index in [0.29, 0.717) is 17.4 Å². The monoisotopic (exact) mass is 304 g/mol. The van der Waals surface area contributed by atoms with Crippen LogP contribution < -0.4 is 15.4 Å². The number of ketones is 1. The zero-order valence-corrected chi connectivity index (χ0v) is 13.4. The third-order valence-electron chi connectivity index (χ3n) is 3.89. The van der Waals surface area contributed by atoms with Crippen molar-refractivity contribution in [3.8, 4) is 5.75 Å². The van der Waals surface area contributed by atoms with E-state index in [0.717, 1.165) is 19.4 Å². The number of amides is 1. The van der Waals surface area contributed by atoms with Gasteiger partial charge in [0.15, 0.2) is 11.9 Å². The molecule has 0 bridgehead atoms. The number of ether oxygens (including phenoxy) is 1. The van der Waals surface area contributed by atoms with Crippen molar-refractivity contribution in [1.29, 1.82) is 0 Å².